The number of carbonyl (C=O) groups is 2. The largest absolute Gasteiger partial charge is 0.472 e. The van der Waals surface area contributed by atoms with E-state index in [1.807, 2.05) is 6.08 Å². The molecule has 0 amide bonds. The van der Waals surface area contributed by atoms with Crippen molar-refractivity contribution in [2.45, 2.75) is 193 Å². The summed E-state index contributed by atoms with van der Waals surface area (Å²) in [5.74, 6) is -0.364. The number of phosphoric ester groups is 1. The lowest BCUT2D eigenvalue weighted by molar-refractivity contribution is -0.161. The van der Waals surface area contributed by atoms with Crippen molar-refractivity contribution in [2.24, 2.45) is 5.92 Å². The van der Waals surface area contributed by atoms with E-state index in [-0.39, 0.29) is 12.8 Å². The first kappa shape index (κ1) is 55.9. The first-order chi connectivity index (χ1) is 27.9. The molecule has 58 heavy (non-hydrogen) atoms. The van der Waals surface area contributed by atoms with E-state index in [9.17, 15) is 34.4 Å². The van der Waals surface area contributed by atoms with Crippen molar-refractivity contribution in [2.75, 3.05) is 26.4 Å². The van der Waals surface area contributed by atoms with E-state index >= 15 is 0 Å². The maximum atomic E-state index is 12.6. The molecule has 0 saturated heterocycles. The summed E-state index contributed by atoms with van der Waals surface area (Å²) >= 11 is 0. The van der Waals surface area contributed by atoms with Crippen molar-refractivity contribution in [3.05, 3.63) is 48.6 Å². The highest BCUT2D eigenvalue weighted by atomic mass is 31.2. The van der Waals surface area contributed by atoms with Gasteiger partial charge in [0.15, 0.2) is 6.10 Å². The summed E-state index contributed by atoms with van der Waals surface area (Å²) in [6.45, 7) is 4.36. The number of carbonyl (C=O) groups excluding carboxylic acids is 2. The van der Waals surface area contributed by atoms with Crippen LogP contribution < -0.4 is 0 Å². The summed E-state index contributed by atoms with van der Waals surface area (Å²) in [5.41, 5.74) is 0. The van der Waals surface area contributed by atoms with Crippen molar-refractivity contribution in [1.82, 2.24) is 0 Å². The Balaban J connectivity index is 4.53. The van der Waals surface area contributed by atoms with Crippen molar-refractivity contribution in [3.63, 3.8) is 0 Å². The fourth-order valence-corrected chi connectivity index (χ4v) is 6.63. The molecular weight excluding hydrogens is 763 g/mol. The molecule has 0 aromatic rings. The Hall–Kier alpha value is -2.15. The lowest BCUT2D eigenvalue weighted by atomic mass is 10.0. The molecule has 5 atom stereocenters. The Morgan fingerprint density at radius 1 is 0.621 bits per heavy atom. The van der Waals surface area contributed by atoms with Gasteiger partial charge in [-0.15, -0.1) is 0 Å². The third-order valence-corrected chi connectivity index (χ3v) is 10.3. The van der Waals surface area contributed by atoms with E-state index in [0.717, 1.165) is 38.0 Å². The molecule has 0 aliphatic rings. The van der Waals surface area contributed by atoms with Crippen LogP contribution >= 0.6 is 7.82 Å². The number of hydrogen-bond donors (Lipinski definition) is 5. The number of aliphatic hydroxyl groups excluding tert-OH is 4. The van der Waals surface area contributed by atoms with Gasteiger partial charge in [-0.1, -0.05) is 166 Å². The Morgan fingerprint density at radius 3 is 1.76 bits per heavy atom. The summed E-state index contributed by atoms with van der Waals surface area (Å²) in [7, 11) is -4.68. The quantitative estimate of drug-likeness (QED) is 0.0129. The van der Waals surface area contributed by atoms with Gasteiger partial charge >= 0.3 is 19.8 Å². The standard InChI is InChI=1S/C45H81O12P/c1-4-5-6-7-18-23-29-40(47)30-24-20-21-25-31-41(48)32-27-34-44(50)54-37-43(38-56-58(52,53)55-36-42(49)35-46)57-45(51)33-26-19-16-14-12-10-8-9-11-13-15-17-22-28-39(2)3/h18,20-21,23-25,30-31,39-43,46-49H,4-17,19,22,26-29,32-38H2,1-3H3,(H,52,53)/b21-20+,23-18-,30-24+,31-25-/t40-,41-,42+,43-/m1/s1. The predicted molar refractivity (Wildman–Crippen MR) is 231 cm³/mol. The van der Waals surface area contributed by atoms with Gasteiger partial charge in [-0.25, -0.2) is 4.57 Å². The number of ether oxygens (including phenoxy) is 2. The van der Waals surface area contributed by atoms with Crippen molar-refractivity contribution in [3.8, 4) is 0 Å². The Bertz CT molecular complexity index is 1150. The zero-order valence-electron chi connectivity index (χ0n) is 36.1. The number of hydrogen-bond acceptors (Lipinski definition) is 11. The maximum Gasteiger partial charge on any atom is 0.472 e. The highest BCUT2D eigenvalue weighted by Gasteiger charge is 2.27. The SMILES string of the molecule is CCCCC/C=C\C[C@@H](O)/C=C/C=C/C=C\[C@@H](O)CCCC(=O)OC[C@H](COP(=O)(O)OC[C@@H](O)CO)OC(=O)CCCCCCCCCCCCCCCC(C)C. The fourth-order valence-electron chi connectivity index (χ4n) is 5.84. The molecule has 0 bridgehead atoms. The van der Waals surface area contributed by atoms with Gasteiger partial charge in [0.05, 0.1) is 32.0 Å². The van der Waals surface area contributed by atoms with Gasteiger partial charge in [0.2, 0.25) is 0 Å². The lowest BCUT2D eigenvalue weighted by Gasteiger charge is -2.20. The van der Waals surface area contributed by atoms with Crippen LogP contribution in [-0.4, -0.2) is 88.1 Å². The lowest BCUT2D eigenvalue weighted by Crippen LogP contribution is -2.30. The van der Waals surface area contributed by atoms with E-state index in [0.29, 0.717) is 25.7 Å². The second-order valence-corrected chi connectivity index (χ2v) is 17.1. The third-order valence-electron chi connectivity index (χ3n) is 9.35. The second-order valence-electron chi connectivity index (χ2n) is 15.6. The molecule has 0 fully saturated rings. The van der Waals surface area contributed by atoms with Crippen LogP contribution in [0.25, 0.3) is 0 Å². The molecule has 0 rings (SSSR count). The minimum Gasteiger partial charge on any atom is -0.462 e. The maximum absolute atomic E-state index is 12.6. The first-order valence-corrected chi connectivity index (χ1v) is 23.7. The molecule has 13 heteroatoms. The van der Waals surface area contributed by atoms with Crippen LogP contribution in [0.4, 0.5) is 0 Å². The summed E-state index contributed by atoms with van der Waals surface area (Å²) in [6, 6.07) is 0. The summed E-state index contributed by atoms with van der Waals surface area (Å²) < 4.78 is 32.5. The molecule has 0 aromatic carbocycles. The summed E-state index contributed by atoms with van der Waals surface area (Å²) in [6.07, 6.45) is 32.8. The van der Waals surface area contributed by atoms with E-state index < -0.39 is 70.6 Å². The van der Waals surface area contributed by atoms with Crippen LogP contribution in [0, 0.1) is 5.92 Å². The fraction of sp³-hybridized carbons (Fsp3) is 0.778. The number of unbranched alkanes of at least 4 members (excludes halogenated alkanes) is 15. The van der Waals surface area contributed by atoms with Crippen molar-refractivity contribution < 1.29 is 58.0 Å². The van der Waals surface area contributed by atoms with Crippen LogP contribution in [0.3, 0.4) is 0 Å². The van der Waals surface area contributed by atoms with E-state index in [2.05, 4.69) is 31.4 Å². The molecule has 5 N–H and O–H groups in total. The number of aliphatic hydroxyl groups is 4. The van der Waals surface area contributed by atoms with Gasteiger partial charge in [0.1, 0.15) is 12.7 Å². The monoisotopic (exact) mass is 845 g/mol. The van der Waals surface area contributed by atoms with Gasteiger partial charge < -0.3 is 34.8 Å². The molecule has 0 heterocycles. The zero-order valence-corrected chi connectivity index (χ0v) is 37.0. The molecule has 0 radical (unpaired) electrons. The molecule has 0 saturated carbocycles. The molecule has 0 aliphatic carbocycles. The number of allylic oxidation sites excluding steroid dienone is 5. The van der Waals surface area contributed by atoms with Crippen LogP contribution in [0.5, 0.6) is 0 Å². The molecule has 0 aliphatic heterocycles. The molecule has 12 nitrogen and oxygen atoms in total. The number of esters is 2. The van der Waals surface area contributed by atoms with E-state index in [1.165, 1.54) is 77.0 Å². The molecule has 0 aromatic heterocycles. The molecule has 1 unspecified atom stereocenters. The van der Waals surface area contributed by atoms with Crippen molar-refractivity contribution in [1.29, 1.82) is 0 Å². The van der Waals surface area contributed by atoms with Gasteiger partial charge in [-0.2, -0.15) is 0 Å². The zero-order chi connectivity index (χ0) is 43.1. The van der Waals surface area contributed by atoms with Gasteiger partial charge in [0, 0.05) is 12.8 Å². The van der Waals surface area contributed by atoms with E-state index in [4.69, 9.17) is 19.1 Å². The normalized spacial score (nSPS) is 15.5. The Labute approximate surface area is 350 Å². The minimum absolute atomic E-state index is 0.0187. The van der Waals surface area contributed by atoms with E-state index in [1.54, 1.807) is 36.5 Å². The van der Waals surface area contributed by atoms with Gasteiger partial charge in [0.25, 0.3) is 0 Å². The average molecular weight is 845 g/mol. The number of phosphoric acid groups is 1. The predicted octanol–water partition coefficient (Wildman–Crippen LogP) is 9.52. The molecule has 0 spiro atoms. The van der Waals surface area contributed by atoms with Gasteiger partial charge in [-0.05, 0) is 44.4 Å². The summed E-state index contributed by atoms with van der Waals surface area (Å²) in [4.78, 5) is 35.0. The Kier molecular flexibility index (Phi) is 37.6. The molecule has 338 valence electrons. The van der Waals surface area contributed by atoms with Gasteiger partial charge in [-0.3, -0.25) is 18.6 Å². The van der Waals surface area contributed by atoms with Crippen LogP contribution in [0.2, 0.25) is 0 Å². The minimum atomic E-state index is -4.68. The highest BCUT2D eigenvalue weighted by Crippen LogP contribution is 2.43. The molecular formula is C45H81O12P. The van der Waals surface area contributed by atoms with Crippen LogP contribution in [-0.2, 0) is 32.7 Å². The first-order valence-electron chi connectivity index (χ1n) is 22.2. The Morgan fingerprint density at radius 2 is 1.17 bits per heavy atom. The average Bonchev–Trinajstić information content (AvgIpc) is 3.18. The second kappa shape index (κ2) is 39.0. The topological polar surface area (TPSA) is 189 Å². The van der Waals surface area contributed by atoms with Crippen LogP contribution in [0.1, 0.15) is 168 Å². The highest BCUT2D eigenvalue weighted by molar-refractivity contribution is 7.47. The summed E-state index contributed by atoms with van der Waals surface area (Å²) in [5, 5.41) is 38.6. The third kappa shape index (κ3) is 39.3. The van der Waals surface area contributed by atoms with Crippen LogP contribution in [0.15, 0.2) is 48.6 Å². The number of rotatable bonds is 40. The smallest absolute Gasteiger partial charge is 0.462 e. The van der Waals surface area contributed by atoms with Crippen molar-refractivity contribution >= 4 is 19.8 Å².